The quantitative estimate of drug-likeness (QED) is 0.295. The molecule has 1 aromatic heterocycles. The number of unbranched alkanes of at least 4 members (excludes halogenated alkanes) is 3. The Kier molecular flexibility index (Phi) is 7.54. The lowest BCUT2D eigenvalue weighted by molar-refractivity contribution is 0.106. The average molecular weight is 356 g/mol. The van der Waals surface area contributed by atoms with Gasteiger partial charge in [0.15, 0.2) is 0 Å². The van der Waals surface area contributed by atoms with Crippen LogP contribution in [0, 0.1) is 6.92 Å². The van der Waals surface area contributed by atoms with Crippen LogP contribution in [0.5, 0.6) is 5.75 Å². The number of rotatable bonds is 10. The third-order valence-corrected chi connectivity index (χ3v) is 3.63. The second-order valence-corrected chi connectivity index (χ2v) is 5.87. The second-order valence-electron chi connectivity index (χ2n) is 5.87. The summed E-state index contributed by atoms with van der Waals surface area (Å²) in [5.41, 5.74) is 3.26. The van der Waals surface area contributed by atoms with E-state index in [2.05, 4.69) is 27.4 Å². The minimum atomic E-state index is -0.295. The summed E-state index contributed by atoms with van der Waals surface area (Å²) in [5, 5.41) is 3.85. The number of aromatic amines is 1. The predicted octanol–water partition coefficient (Wildman–Crippen LogP) is 3.32. The Bertz CT molecular complexity index is 814. The lowest BCUT2D eigenvalue weighted by Crippen LogP contribution is -2.11. The zero-order valence-electron chi connectivity index (χ0n) is 15.1. The van der Waals surface area contributed by atoms with Crippen molar-refractivity contribution in [3.05, 3.63) is 51.9 Å². The highest BCUT2D eigenvalue weighted by Crippen LogP contribution is 2.18. The van der Waals surface area contributed by atoms with E-state index in [4.69, 9.17) is 4.74 Å². The normalized spacial score (nSPS) is 10.8. The molecule has 0 radical (unpaired) electrons. The maximum absolute atomic E-state index is 12.4. The first-order valence-corrected chi connectivity index (χ1v) is 8.73. The number of hydrazone groups is 1. The molecular formula is C19H24N4O3. The highest BCUT2D eigenvalue weighted by Gasteiger charge is 2.10. The fraction of sp³-hybridized carbons (Fsp3) is 0.368. The summed E-state index contributed by atoms with van der Waals surface area (Å²) in [6.45, 7) is 4.43. The van der Waals surface area contributed by atoms with Gasteiger partial charge in [0, 0.05) is 11.8 Å². The Morgan fingerprint density at radius 3 is 2.88 bits per heavy atom. The van der Waals surface area contributed by atoms with E-state index in [1.807, 2.05) is 6.07 Å². The lowest BCUT2D eigenvalue weighted by atomic mass is 10.1. The average Bonchev–Trinajstić information content (AvgIpc) is 2.61. The molecule has 0 aliphatic rings. The number of benzene rings is 1. The fourth-order valence-corrected chi connectivity index (χ4v) is 2.36. The van der Waals surface area contributed by atoms with Crippen LogP contribution < -0.4 is 15.7 Å². The first kappa shape index (κ1) is 19.4. The van der Waals surface area contributed by atoms with Crippen LogP contribution in [0.4, 0.5) is 5.95 Å². The summed E-state index contributed by atoms with van der Waals surface area (Å²) >= 11 is 0. The van der Waals surface area contributed by atoms with Crippen LogP contribution in [0.2, 0.25) is 0 Å². The highest BCUT2D eigenvalue weighted by atomic mass is 16.5. The largest absolute Gasteiger partial charge is 0.493 e. The van der Waals surface area contributed by atoms with Crippen molar-refractivity contribution in [1.29, 1.82) is 0 Å². The van der Waals surface area contributed by atoms with E-state index in [0.717, 1.165) is 19.1 Å². The van der Waals surface area contributed by atoms with Crippen molar-refractivity contribution in [3.63, 3.8) is 0 Å². The number of aromatic nitrogens is 2. The number of nitrogens with zero attached hydrogens (tertiary/aromatic N) is 2. The molecule has 7 nitrogen and oxygen atoms in total. The predicted molar refractivity (Wildman–Crippen MR) is 102 cm³/mol. The smallest absolute Gasteiger partial charge is 0.252 e. The Balaban J connectivity index is 1.97. The molecule has 26 heavy (non-hydrogen) atoms. The number of H-pyrrole nitrogens is 1. The molecule has 0 amide bonds. The minimum Gasteiger partial charge on any atom is -0.493 e. The van der Waals surface area contributed by atoms with Crippen molar-refractivity contribution in [2.45, 2.75) is 39.5 Å². The number of carbonyl (C=O) groups is 1. The molecule has 2 rings (SSSR count). The van der Waals surface area contributed by atoms with Crippen LogP contribution >= 0.6 is 0 Å². The molecule has 2 N–H and O–H groups in total. The third-order valence-electron chi connectivity index (χ3n) is 3.63. The fourth-order valence-electron chi connectivity index (χ4n) is 2.36. The molecule has 7 heteroatoms. The molecule has 0 unspecified atom stereocenters. The lowest BCUT2D eigenvalue weighted by Gasteiger charge is -2.09. The molecule has 0 fully saturated rings. The number of nitrogens with one attached hydrogen (secondary N) is 2. The molecule has 0 aliphatic heterocycles. The number of anilines is 1. The van der Waals surface area contributed by atoms with Crippen LogP contribution in [0.15, 0.2) is 40.2 Å². The molecule has 138 valence electrons. The SMILES string of the molecule is CCCCCCOc1ccccc1C(=O)/C=N\Nc1nc(C)cc(=O)[nH]1. The van der Waals surface area contributed by atoms with Gasteiger partial charge in [-0.1, -0.05) is 38.3 Å². The van der Waals surface area contributed by atoms with Gasteiger partial charge in [0.2, 0.25) is 11.7 Å². The summed E-state index contributed by atoms with van der Waals surface area (Å²) < 4.78 is 5.74. The van der Waals surface area contributed by atoms with E-state index in [1.165, 1.54) is 18.9 Å². The van der Waals surface area contributed by atoms with Gasteiger partial charge in [-0.3, -0.25) is 14.6 Å². The Morgan fingerprint density at radius 2 is 2.12 bits per heavy atom. The Hall–Kier alpha value is -2.96. The van der Waals surface area contributed by atoms with Crippen molar-refractivity contribution in [2.24, 2.45) is 5.10 Å². The summed E-state index contributed by atoms with van der Waals surface area (Å²) in [4.78, 5) is 30.3. The molecule has 2 aromatic rings. The maximum Gasteiger partial charge on any atom is 0.252 e. The molecule has 1 heterocycles. The van der Waals surface area contributed by atoms with Gasteiger partial charge in [0.25, 0.3) is 5.56 Å². The van der Waals surface area contributed by atoms with Gasteiger partial charge >= 0.3 is 0 Å². The topological polar surface area (TPSA) is 96.4 Å². The van der Waals surface area contributed by atoms with Gasteiger partial charge in [0.1, 0.15) is 5.75 Å². The molecular weight excluding hydrogens is 332 g/mol. The number of ether oxygens (including phenoxy) is 1. The minimum absolute atomic E-state index is 0.180. The Morgan fingerprint density at radius 1 is 1.31 bits per heavy atom. The third kappa shape index (κ3) is 6.16. The molecule has 0 saturated carbocycles. The molecule has 0 aliphatic carbocycles. The van der Waals surface area contributed by atoms with E-state index in [-0.39, 0.29) is 17.3 Å². The second kappa shape index (κ2) is 10.1. The van der Waals surface area contributed by atoms with Gasteiger partial charge < -0.3 is 4.74 Å². The molecule has 0 spiro atoms. The zero-order chi connectivity index (χ0) is 18.8. The van der Waals surface area contributed by atoms with Crippen molar-refractivity contribution < 1.29 is 9.53 Å². The van der Waals surface area contributed by atoms with Crippen LogP contribution in [0.1, 0.15) is 48.7 Å². The van der Waals surface area contributed by atoms with Crippen LogP contribution in [0.3, 0.4) is 0 Å². The number of hydrogen-bond acceptors (Lipinski definition) is 6. The van der Waals surface area contributed by atoms with Crippen molar-refractivity contribution in [2.75, 3.05) is 12.0 Å². The van der Waals surface area contributed by atoms with Crippen LogP contribution in [0.25, 0.3) is 0 Å². The van der Waals surface area contributed by atoms with Gasteiger partial charge in [-0.15, -0.1) is 0 Å². The zero-order valence-corrected chi connectivity index (χ0v) is 15.1. The van der Waals surface area contributed by atoms with Gasteiger partial charge in [-0.05, 0) is 25.5 Å². The number of para-hydroxylation sites is 1. The molecule has 0 atom stereocenters. The number of hydrogen-bond donors (Lipinski definition) is 2. The monoisotopic (exact) mass is 356 g/mol. The van der Waals surface area contributed by atoms with E-state index in [9.17, 15) is 9.59 Å². The van der Waals surface area contributed by atoms with Crippen molar-refractivity contribution in [1.82, 2.24) is 9.97 Å². The summed E-state index contributed by atoms with van der Waals surface area (Å²) in [6.07, 6.45) is 5.55. The summed E-state index contributed by atoms with van der Waals surface area (Å²) in [6, 6.07) is 8.44. The number of aryl methyl sites for hydroxylation is 1. The van der Waals surface area contributed by atoms with E-state index >= 15 is 0 Å². The van der Waals surface area contributed by atoms with Crippen LogP contribution in [-0.2, 0) is 0 Å². The van der Waals surface area contributed by atoms with Gasteiger partial charge in [-0.2, -0.15) is 5.10 Å². The first-order valence-electron chi connectivity index (χ1n) is 8.73. The van der Waals surface area contributed by atoms with E-state index < -0.39 is 0 Å². The molecule has 0 bridgehead atoms. The highest BCUT2D eigenvalue weighted by molar-refractivity contribution is 6.36. The standard InChI is InChI=1S/C19H24N4O3/c1-3-4-5-8-11-26-17-10-7-6-9-15(17)16(24)13-20-23-19-21-14(2)12-18(25)22-19/h6-7,9-10,12-13H,3-5,8,11H2,1-2H3,(H2,21,22,23,25)/b20-13-. The Labute approximate surface area is 152 Å². The molecule has 0 saturated heterocycles. The first-order chi connectivity index (χ1) is 12.6. The van der Waals surface area contributed by atoms with Gasteiger partial charge in [0.05, 0.1) is 18.4 Å². The summed E-state index contributed by atoms with van der Waals surface area (Å²) in [7, 11) is 0. The van der Waals surface area contributed by atoms with E-state index in [0.29, 0.717) is 23.6 Å². The van der Waals surface area contributed by atoms with Gasteiger partial charge in [-0.25, -0.2) is 10.4 Å². The number of ketones is 1. The van der Waals surface area contributed by atoms with Crippen LogP contribution in [-0.4, -0.2) is 28.6 Å². The van der Waals surface area contributed by atoms with E-state index in [1.54, 1.807) is 25.1 Å². The number of Topliss-reactive ketones (excluding diaryl/α,β-unsaturated/α-hetero) is 1. The summed E-state index contributed by atoms with van der Waals surface area (Å²) in [5.74, 6) is 0.429. The van der Waals surface area contributed by atoms with Crippen molar-refractivity contribution >= 4 is 17.9 Å². The van der Waals surface area contributed by atoms with Crippen molar-refractivity contribution in [3.8, 4) is 5.75 Å². The number of carbonyl (C=O) groups excluding carboxylic acids is 1. The molecule has 1 aromatic carbocycles. The maximum atomic E-state index is 12.4.